The summed E-state index contributed by atoms with van der Waals surface area (Å²) in [5.74, 6) is 1.61. The number of hydrogen-bond acceptors (Lipinski definition) is 4. The molecule has 4 nitrogen and oxygen atoms in total. The van der Waals surface area contributed by atoms with Crippen LogP contribution in [0.15, 0.2) is 158 Å². The summed E-state index contributed by atoms with van der Waals surface area (Å²) in [6, 6.07) is 55.4. The van der Waals surface area contributed by atoms with Gasteiger partial charge >= 0.3 is 0 Å². The Morgan fingerprint density at radius 3 is 0.913 bits per heavy atom. The van der Waals surface area contributed by atoms with Gasteiger partial charge in [-0.1, -0.05) is 121 Å². The Morgan fingerprint density at radius 2 is 0.652 bits per heavy atom. The summed E-state index contributed by atoms with van der Waals surface area (Å²) in [7, 11) is 3.48. The zero-order valence-electron chi connectivity index (χ0n) is 26.6. The van der Waals surface area contributed by atoms with E-state index in [1.165, 1.54) is 22.3 Å². The van der Waals surface area contributed by atoms with Crippen LogP contribution in [0.2, 0.25) is 0 Å². The normalized spacial score (nSPS) is 10.7. The minimum atomic E-state index is 0.787. The maximum atomic E-state index is 6.03. The van der Waals surface area contributed by atoms with Crippen LogP contribution in [0, 0.1) is 0 Å². The minimum absolute atomic E-state index is 0.787. The lowest BCUT2D eigenvalue weighted by molar-refractivity contribution is 0.410. The molecular weight excluding hydrogens is 564 g/mol. The molecule has 230 valence electrons. The lowest BCUT2D eigenvalue weighted by atomic mass is 10.0. The molecule has 0 atom stereocenters. The standard InChI is InChI=1S/C42H40N2O2/c1-45-41-27-37(43(29-33-15-7-3-8-16-33)30-34-17-9-4-10-18-34)23-25-39(41)40-26-24-38(28-42(40)46-2)44(31-35-19-11-5-12-20-35)32-36-21-13-6-14-22-36/h3-28H,29-32H2,1-2H3. The zero-order valence-corrected chi connectivity index (χ0v) is 26.6. The summed E-state index contributed by atoms with van der Waals surface area (Å²) in [6.45, 7) is 3.15. The van der Waals surface area contributed by atoms with Crippen LogP contribution >= 0.6 is 0 Å². The third kappa shape index (κ3) is 7.59. The van der Waals surface area contributed by atoms with Crippen molar-refractivity contribution in [3.05, 3.63) is 180 Å². The van der Waals surface area contributed by atoms with Gasteiger partial charge in [0.1, 0.15) is 11.5 Å². The van der Waals surface area contributed by atoms with Gasteiger partial charge < -0.3 is 19.3 Å². The van der Waals surface area contributed by atoms with Gasteiger partial charge in [0.05, 0.1) is 14.2 Å². The highest BCUT2D eigenvalue weighted by atomic mass is 16.5. The van der Waals surface area contributed by atoms with Crippen LogP contribution in [0.25, 0.3) is 11.1 Å². The number of benzene rings is 6. The molecule has 0 saturated heterocycles. The molecule has 6 aromatic rings. The predicted molar refractivity (Wildman–Crippen MR) is 191 cm³/mol. The van der Waals surface area contributed by atoms with Crippen molar-refractivity contribution in [2.75, 3.05) is 24.0 Å². The average molecular weight is 605 g/mol. The Balaban J connectivity index is 1.33. The van der Waals surface area contributed by atoms with Crippen molar-refractivity contribution in [3.8, 4) is 22.6 Å². The van der Waals surface area contributed by atoms with Crippen molar-refractivity contribution in [2.45, 2.75) is 26.2 Å². The molecular formula is C42H40N2O2. The highest BCUT2D eigenvalue weighted by molar-refractivity contribution is 5.80. The second kappa shape index (κ2) is 15.0. The van der Waals surface area contributed by atoms with Gasteiger partial charge in [-0.25, -0.2) is 0 Å². The van der Waals surface area contributed by atoms with E-state index in [1.54, 1.807) is 14.2 Å². The maximum Gasteiger partial charge on any atom is 0.128 e. The first kappa shape index (κ1) is 30.5. The number of ether oxygens (including phenoxy) is 2. The lowest BCUT2D eigenvalue weighted by Crippen LogP contribution is -2.22. The first-order valence-corrected chi connectivity index (χ1v) is 15.7. The quantitative estimate of drug-likeness (QED) is 0.131. The molecule has 0 N–H and O–H groups in total. The van der Waals surface area contributed by atoms with Crippen LogP contribution in [-0.2, 0) is 26.2 Å². The van der Waals surface area contributed by atoms with E-state index in [1.807, 2.05) is 0 Å². The molecule has 0 amide bonds. The van der Waals surface area contributed by atoms with Crippen LogP contribution in [-0.4, -0.2) is 14.2 Å². The molecule has 0 fully saturated rings. The van der Waals surface area contributed by atoms with Crippen LogP contribution in [0.4, 0.5) is 11.4 Å². The van der Waals surface area contributed by atoms with Gasteiger partial charge in [0.25, 0.3) is 0 Å². The highest BCUT2D eigenvalue weighted by Gasteiger charge is 2.18. The predicted octanol–water partition coefficient (Wildman–Crippen LogP) is 9.78. The summed E-state index contributed by atoms with van der Waals surface area (Å²) >= 11 is 0. The molecule has 0 bridgehead atoms. The van der Waals surface area contributed by atoms with Crippen molar-refractivity contribution in [1.82, 2.24) is 0 Å². The number of methoxy groups -OCH3 is 2. The van der Waals surface area contributed by atoms with Gasteiger partial charge in [-0.2, -0.15) is 0 Å². The van der Waals surface area contributed by atoms with Gasteiger partial charge in [-0.3, -0.25) is 0 Å². The molecule has 0 aliphatic heterocycles. The second-order valence-corrected chi connectivity index (χ2v) is 11.4. The average Bonchev–Trinajstić information content (AvgIpc) is 3.12. The summed E-state index contributed by atoms with van der Waals surface area (Å²) < 4.78 is 12.1. The molecule has 0 radical (unpaired) electrons. The molecule has 0 aromatic heterocycles. The summed E-state index contributed by atoms with van der Waals surface area (Å²) in [5.41, 5.74) is 9.21. The number of anilines is 2. The first-order valence-electron chi connectivity index (χ1n) is 15.7. The third-order valence-corrected chi connectivity index (χ3v) is 8.26. The van der Waals surface area contributed by atoms with Gasteiger partial charge in [0, 0.05) is 60.8 Å². The summed E-state index contributed by atoms with van der Waals surface area (Å²) in [5, 5.41) is 0. The molecule has 6 aromatic carbocycles. The van der Waals surface area contributed by atoms with E-state index in [4.69, 9.17) is 9.47 Å². The fourth-order valence-electron chi connectivity index (χ4n) is 5.89. The summed E-state index contributed by atoms with van der Waals surface area (Å²) in [4.78, 5) is 4.78. The van der Waals surface area contributed by atoms with Crippen molar-refractivity contribution in [3.63, 3.8) is 0 Å². The smallest absolute Gasteiger partial charge is 0.128 e. The fourth-order valence-corrected chi connectivity index (χ4v) is 5.89. The lowest BCUT2D eigenvalue weighted by Gasteiger charge is -2.27. The molecule has 0 aliphatic carbocycles. The van der Waals surface area contributed by atoms with Gasteiger partial charge in [-0.15, -0.1) is 0 Å². The Kier molecular flexibility index (Phi) is 9.96. The van der Waals surface area contributed by atoms with E-state index < -0.39 is 0 Å². The minimum Gasteiger partial charge on any atom is -0.496 e. The molecule has 0 unspecified atom stereocenters. The monoisotopic (exact) mass is 604 g/mol. The third-order valence-electron chi connectivity index (χ3n) is 8.26. The van der Waals surface area contributed by atoms with Gasteiger partial charge in [0.15, 0.2) is 0 Å². The number of rotatable bonds is 13. The van der Waals surface area contributed by atoms with Crippen molar-refractivity contribution < 1.29 is 9.47 Å². The largest absolute Gasteiger partial charge is 0.496 e. The maximum absolute atomic E-state index is 6.03. The van der Waals surface area contributed by atoms with Crippen LogP contribution in [0.1, 0.15) is 22.3 Å². The molecule has 0 spiro atoms. The van der Waals surface area contributed by atoms with E-state index in [-0.39, 0.29) is 0 Å². The molecule has 0 heterocycles. The molecule has 0 aliphatic rings. The van der Waals surface area contributed by atoms with Crippen molar-refractivity contribution in [2.24, 2.45) is 0 Å². The van der Waals surface area contributed by atoms with Crippen LogP contribution in [0.5, 0.6) is 11.5 Å². The Hall–Kier alpha value is -5.48. The topological polar surface area (TPSA) is 24.9 Å². The van der Waals surface area contributed by atoms with E-state index in [0.717, 1.165) is 60.2 Å². The molecule has 4 heteroatoms. The van der Waals surface area contributed by atoms with E-state index in [0.29, 0.717) is 0 Å². The molecule has 0 saturated carbocycles. The second-order valence-electron chi connectivity index (χ2n) is 11.4. The van der Waals surface area contributed by atoms with Gasteiger partial charge in [0.2, 0.25) is 0 Å². The van der Waals surface area contributed by atoms with Crippen molar-refractivity contribution >= 4 is 11.4 Å². The number of hydrogen-bond donors (Lipinski definition) is 0. The van der Waals surface area contributed by atoms with Gasteiger partial charge in [-0.05, 0) is 46.5 Å². The Labute approximate surface area is 273 Å². The SMILES string of the molecule is COc1cc(N(Cc2ccccc2)Cc2ccccc2)ccc1-c1ccc(N(Cc2ccccc2)Cc2ccccc2)cc1OC. The molecule has 6 rings (SSSR count). The highest BCUT2D eigenvalue weighted by Crippen LogP contribution is 2.41. The Bertz CT molecular complexity index is 1590. The van der Waals surface area contributed by atoms with Crippen LogP contribution < -0.4 is 19.3 Å². The summed E-state index contributed by atoms with van der Waals surface area (Å²) in [6.07, 6.45) is 0. The van der Waals surface area contributed by atoms with E-state index in [2.05, 4.69) is 168 Å². The van der Waals surface area contributed by atoms with E-state index in [9.17, 15) is 0 Å². The fraction of sp³-hybridized carbons (Fsp3) is 0.143. The number of nitrogens with zero attached hydrogens (tertiary/aromatic N) is 2. The zero-order chi connectivity index (χ0) is 31.6. The van der Waals surface area contributed by atoms with Crippen molar-refractivity contribution in [1.29, 1.82) is 0 Å². The van der Waals surface area contributed by atoms with E-state index >= 15 is 0 Å². The van der Waals surface area contributed by atoms with Crippen LogP contribution in [0.3, 0.4) is 0 Å². The Morgan fingerprint density at radius 1 is 0.370 bits per heavy atom. The first-order chi connectivity index (χ1) is 22.7. The molecule has 46 heavy (non-hydrogen) atoms.